The number of pyridine rings is 1. The molecule has 1 fully saturated rings. The monoisotopic (exact) mass is 388 g/mol. The lowest BCUT2D eigenvalue weighted by Crippen LogP contribution is -2.23. The Kier molecular flexibility index (Phi) is 6.11. The highest BCUT2D eigenvalue weighted by molar-refractivity contribution is 5.36. The van der Waals surface area contributed by atoms with Gasteiger partial charge in [0, 0.05) is 24.2 Å². The van der Waals surface area contributed by atoms with E-state index in [0.717, 1.165) is 43.1 Å². The van der Waals surface area contributed by atoms with Gasteiger partial charge < -0.3 is 9.47 Å². The van der Waals surface area contributed by atoms with Crippen molar-refractivity contribution in [1.82, 2.24) is 9.88 Å². The molecule has 4 rings (SSSR count). The first kappa shape index (κ1) is 19.5. The zero-order chi connectivity index (χ0) is 20.1. The van der Waals surface area contributed by atoms with Crippen LogP contribution in [0, 0.1) is 0 Å². The minimum atomic E-state index is 0.370. The second-order valence-corrected chi connectivity index (χ2v) is 7.52. The summed E-state index contributed by atoms with van der Waals surface area (Å²) in [5.41, 5.74) is 4.73. The van der Waals surface area contributed by atoms with Gasteiger partial charge in [-0.15, -0.1) is 0 Å². The van der Waals surface area contributed by atoms with E-state index in [2.05, 4.69) is 47.4 Å². The number of para-hydroxylation sites is 1. The maximum absolute atomic E-state index is 5.50. The van der Waals surface area contributed by atoms with Gasteiger partial charge in [-0.2, -0.15) is 0 Å². The van der Waals surface area contributed by atoms with Gasteiger partial charge in [-0.05, 0) is 55.3 Å². The number of ether oxygens (including phenoxy) is 2. The van der Waals surface area contributed by atoms with Crippen LogP contribution in [-0.2, 0) is 13.0 Å². The van der Waals surface area contributed by atoms with Crippen molar-refractivity contribution in [3.8, 4) is 11.5 Å². The van der Waals surface area contributed by atoms with Gasteiger partial charge >= 0.3 is 0 Å². The van der Waals surface area contributed by atoms with Crippen LogP contribution in [0.1, 0.15) is 41.4 Å². The Hall–Kier alpha value is -2.85. The van der Waals surface area contributed by atoms with E-state index in [1.54, 1.807) is 14.2 Å². The fourth-order valence-corrected chi connectivity index (χ4v) is 4.14. The minimum absolute atomic E-state index is 0.370. The highest BCUT2D eigenvalue weighted by Crippen LogP contribution is 2.33. The van der Waals surface area contributed by atoms with E-state index in [1.165, 1.54) is 23.2 Å². The number of aromatic nitrogens is 1. The van der Waals surface area contributed by atoms with E-state index < -0.39 is 0 Å². The number of hydrogen-bond acceptors (Lipinski definition) is 4. The van der Waals surface area contributed by atoms with E-state index in [-0.39, 0.29) is 0 Å². The summed E-state index contributed by atoms with van der Waals surface area (Å²) in [5.74, 6) is 1.82. The highest BCUT2D eigenvalue weighted by atomic mass is 16.5. The molecule has 29 heavy (non-hydrogen) atoms. The first-order chi connectivity index (χ1) is 14.3. The molecular weight excluding hydrogens is 360 g/mol. The maximum Gasteiger partial charge on any atom is 0.122 e. The van der Waals surface area contributed by atoms with E-state index in [4.69, 9.17) is 14.5 Å². The molecule has 150 valence electrons. The van der Waals surface area contributed by atoms with Crippen molar-refractivity contribution < 1.29 is 9.47 Å². The summed E-state index contributed by atoms with van der Waals surface area (Å²) in [6, 6.07) is 23.3. The summed E-state index contributed by atoms with van der Waals surface area (Å²) < 4.78 is 10.8. The fourth-order valence-electron chi connectivity index (χ4n) is 4.14. The third kappa shape index (κ3) is 4.60. The molecule has 1 aromatic heterocycles. The molecule has 0 saturated carbocycles. The standard InChI is InChI=1S/C25H28N2O2/c1-28-22-14-12-19(13-15-22)18-27-16-6-10-24(27)23-9-5-8-21(26-23)17-20-7-3-4-11-25(20)29-2/h3-5,7-9,11-15,24H,6,10,16-18H2,1-2H3/t24-/m0/s1. The van der Waals surface area contributed by atoms with Crippen LogP contribution in [0.3, 0.4) is 0 Å². The molecule has 3 aromatic rings. The van der Waals surface area contributed by atoms with E-state index >= 15 is 0 Å². The predicted molar refractivity (Wildman–Crippen MR) is 115 cm³/mol. The van der Waals surface area contributed by atoms with Gasteiger partial charge in [-0.25, -0.2) is 0 Å². The van der Waals surface area contributed by atoms with Crippen LogP contribution in [-0.4, -0.2) is 30.6 Å². The Balaban J connectivity index is 1.50. The van der Waals surface area contributed by atoms with Gasteiger partial charge in [0.1, 0.15) is 11.5 Å². The Labute approximate surface area is 173 Å². The van der Waals surface area contributed by atoms with Crippen LogP contribution >= 0.6 is 0 Å². The van der Waals surface area contributed by atoms with Crippen molar-refractivity contribution in [2.24, 2.45) is 0 Å². The smallest absolute Gasteiger partial charge is 0.122 e. The quantitative estimate of drug-likeness (QED) is 0.569. The molecular formula is C25H28N2O2. The predicted octanol–water partition coefficient (Wildman–Crippen LogP) is 5.03. The van der Waals surface area contributed by atoms with Crippen LogP contribution in [0.5, 0.6) is 11.5 Å². The molecule has 2 aromatic carbocycles. The molecule has 1 saturated heterocycles. The average Bonchev–Trinajstić information content (AvgIpc) is 3.23. The average molecular weight is 389 g/mol. The molecule has 1 aliphatic heterocycles. The summed E-state index contributed by atoms with van der Waals surface area (Å²) in [5, 5.41) is 0. The zero-order valence-electron chi connectivity index (χ0n) is 17.2. The molecule has 0 radical (unpaired) electrons. The lowest BCUT2D eigenvalue weighted by Gasteiger charge is -2.24. The molecule has 2 heterocycles. The van der Waals surface area contributed by atoms with E-state index in [1.807, 2.05) is 24.3 Å². The van der Waals surface area contributed by atoms with Crippen molar-refractivity contribution in [2.45, 2.75) is 31.8 Å². The van der Waals surface area contributed by atoms with Crippen LogP contribution in [0.15, 0.2) is 66.7 Å². The van der Waals surface area contributed by atoms with Crippen LogP contribution in [0.4, 0.5) is 0 Å². The van der Waals surface area contributed by atoms with Gasteiger partial charge in [-0.3, -0.25) is 9.88 Å². The first-order valence-corrected chi connectivity index (χ1v) is 10.2. The van der Waals surface area contributed by atoms with Gasteiger partial charge in [-0.1, -0.05) is 36.4 Å². The Morgan fingerprint density at radius 2 is 1.76 bits per heavy atom. The molecule has 0 aliphatic carbocycles. The van der Waals surface area contributed by atoms with E-state index in [9.17, 15) is 0 Å². The number of likely N-dealkylation sites (tertiary alicyclic amines) is 1. The highest BCUT2D eigenvalue weighted by Gasteiger charge is 2.27. The van der Waals surface area contributed by atoms with Crippen molar-refractivity contribution in [3.63, 3.8) is 0 Å². The van der Waals surface area contributed by atoms with Gasteiger partial charge in [0.05, 0.1) is 26.0 Å². The topological polar surface area (TPSA) is 34.6 Å². The lowest BCUT2D eigenvalue weighted by molar-refractivity contribution is 0.244. The molecule has 0 unspecified atom stereocenters. The molecule has 0 N–H and O–H groups in total. The summed E-state index contributed by atoms with van der Waals surface area (Å²) >= 11 is 0. The Bertz CT molecular complexity index is 940. The van der Waals surface area contributed by atoms with Crippen LogP contribution < -0.4 is 9.47 Å². The molecule has 0 spiro atoms. The third-order valence-electron chi connectivity index (χ3n) is 5.64. The third-order valence-corrected chi connectivity index (χ3v) is 5.64. The van der Waals surface area contributed by atoms with Crippen molar-refractivity contribution >= 4 is 0 Å². The summed E-state index contributed by atoms with van der Waals surface area (Å²) in [6.45, 7) is 2.04. The van der Waals surface area contributed by atoms with Gasteiger partial charge in [0.25, 0.3) is 0 Å². The molecule has 1 atom stereocenters. The first-order valence-electron chi connectivity index (χ1n) is 10.2. The Morgan fingerprint density at radius 1 is 0.931 bits per heavy atom. The minimum Gasteiger partial charge on any atom is -0.497 e. The van der Waals surface area contributed by atoms with Crippen LogP contribution in [0.25, 0.3) is 0 Å². The second-order valence-electron chi connectivity index (χ2n) is 7.52. The van der Waals surface area contributed by atoms with Gasteiger partial charge in [0.2, 0.25) is 0 Å². The summed E-state index contributed by atoms with van der Waals surface area (Å²) in [6.07, 6.45) is 3.14. The summed E-state index contributed by atoms with van der Waals surface area (Å²) in [7, 11) is 3.42. The largest absolute Gasteiger partial charge is 0.497 e. The van der Waals surface area contributed by atoms with Crippen LogP contribution in [0.2, 0.25) is 0 Å². The normalized spacial score (nSPS) is 16.7. The van der Waals surface area contributed by atoms with Gasteiger partial charge in [0.15, 0.2) is 0 Å². The molecule has 1 aliphatic rings. The molecule has 0 amide bonds. The second kappa shape index (κ2) is 9.10. The molecule has 4 heteroatoms. The number of rotatable bonds is 7. The zero-order valence-corrected chi connectivity index (χ0v) is 17.2. The summed E-state index contributed by atoms with van der Waals surface area (Å²) in [4.78, 5) is 7.57. The van der Waals surface area contributed by atoms with Crippen molar-refractivity contribution in [1.29, 1.82) is 0 Å². The lowest BCUT2D eigenvalue weighted by atomic mass is 10.1. The number of hydrogen-bond donors (Lipinski definition) is 0. The van der Waals surface area contributed by atoms with E-state index in [0.29, 0.717) is 6.04 Å². The van der Waals surface area contributed by atoms with Crippen molar-refractivity contribution in [3.05, 3.63) is 89.2 Å². The number of methoxy groups -OCH3 is 2. The number of nitrogens with zero attached hydrogens (tertiary/aromatic N) is 2. The van der Waals surface area contributed by atoms with Crippen molar-refractivity contribution in [2.75, 3.05) is 20.8 Å². The molecule has 4 nitrogen and oxygen atoms in total. The fraction of sp³-hybridized carbons (Fsp3) is 0.320. The number of benzene rings is 2. The Morgan fingerprint density at radius 3 is 2.55 bits per heavy atom. The maximum atomic E-state index is 5.50. The SMILES string of the molecule is COc1ccc(CN2CCC[C@H]2c2cccc(Cc3ccccc3OC)n2)cc1. The molecule has 0 bridgehead atoms.